The summed E-state index contributed by atoms with van der Waals surface area (Å²) in [4.78, 5) is 10.5. The van der Waals surface area contributed by atoms with Crippen LogP contribution in [-0.4, -0.2) is 17.3 Å². The quantitative estimate of drug-likeness (QED) is 0.699. The fraction of sp³-hybridized carbons (Fsp3) is 0.857. The van der Waals surface area contributed by atoms with Crippen molar-refractivity contribution in [2.24, 2.45) is 0 Å². The smallest absolute Gasteiger partial charge is 0.217 e. The Morgan fingerprint density at radius 2 is 2.30 bits per heavy atom. The Kier molecular flexibility index (Phi) is 5.69. The fourth-order valence-corrected chi connectivity index (χ4v) is 1.13. The van der Waals surface area contributed by atoms with Gasteiger partial charge < -0.3 is 5.32 Å². The molecule has 0 aromatic heterocycles. The highest BCUT2D eigenvalue weighted by atomic mass is 79.9. The van der Waals surface area contributed by atoms with E-state index in [0.717, 1.165) is 18.2 Å². The van der Waals surface area contributed by atoms with Gasteiger partial charge in [-0.1, -0.05) is 15.9 Å². The van der Waals surface area contributed by atoms with Crippen LogP contribution in [0.1, 0.15) is 26.7 Å². The molecule has 1 N–H and O–H groups in total. The summed E-state index contributed by atoms with van der Waals surface area (Å²) in [5, 5.41) is 3.83. The Morgan fingerprint density at radius 3 is 2.70 bits per heavy atom. The molecule has 10 heavy (non-hydrogen) atoms. The van der Waals surface area contributed by atoms with E-state index >= 15 is 0 Å². The van der Waals surface area contributed by atoms with Crippen LogP contribution in [0, 0.1) is 0 Å². The monoisotopic (exact) mass is 207 g/mol. The predicted molar refractivity (Wildman–Crippen MR) is 46.3 cm³/mol. The molecule has 0 spiro atoms. The molecule has 0 fully saturated rings. The molecule has 0 rings (SSSR count). The normalized spacial score (nSPS) is 12.7. The lowest BCUT2D eigenvalue weighted by Crippen LogP contribution is -2.30. The Morgan fingerprint density at radius 1 is 1.70 bits per heavy atom. The molecule has 1 amide bonds. The highest BCUT2D eigenvalue weighted by molar-refractivity contribution is 9.09. The van der Waals surface area contributed by atoms with Crippen LogP contribution in [0.15, 0.2) is 0 Å². The van der Waals surface area contributed by atoms with Gasteiger partial charge in [-0.15, -0.1) is 0 Å². The number of carbonyl (C=O) groups is 1. The van der Waals surface area contributed by atoms with Crippen molar-refractivity contribution in [1.82, 2.24) is 5.32 Å². The molecule has 1 atom stereocenters. The first-order chi connectivity index (χ1) is 4.66. The molecule has 0 aromatic carbocycles. The van der Waals surface area contributed by atoms with Crippen LogP contribution < -0.4 is 5.32 Å². The third-order valence-corrected chi connectivity index (χ3v) is 1.78. The van der Waals surface area contributed by atoms with Crippen molar-refractivity contribution < 1.29 is 4.79 Å². The second-order valence-electron chi connectivity index (χ2n) is 2.43. The maximum Gasteiger partial charge on any atom is 0.217 e. The third-order valence-electron chi connectivity index (χ3n) is 1.22. The van der Waals surface area contributed by atoms with E-state index < -0.39 is 0 Å². The SMILES string of the molecule is CC(=O)NC(C)CCCBr. The molecule has 0 radical (unpaired) electrons. The van der Waals surface area contributed by atoms with Crippen LogP contribution in [-0.2, 0) is 4.79 Å². The van der Waals surface area contributed by atoms with Crippen LogP contribution in [0.4, 0.5) is 0 Å². The van der Waals surface area contributed by atoms with Crippen LogP contribution in [0.5, 0.6) is 0 Å². The van der Waals surface area contributed by atoms with Gasteiger partial charge in [0.15, 0.2) is 0 Å². The molecule has 0 saturated carbocycles. The van der Waals surface area contributed by atoms with E-state index in [4.69, 9.17) is 0 Å². The second-order valence-corrected chi connectivity index (χ2v) is 3.23. The lowest BCUT2D eigenvalue weighted by Gasteiger charge is -2.10. The van der Waals surface area contributed by atoms with Crippen LogP contribution in [0.25, 0.3) is 0 Å². The van der Waals surface area contributed by atoms with E-state index in [9.17, 15) is 4.79 Å². The summed E-state index contributed by atoms with van der Waals surface area (Å²) in [6.45, 7) is 3.56. The molecule has 60 valence electrons. The molecule has 1 unspecified atom stereocenters. The first kappa shape index (κ1) is 9.95. The number of alkyl halides is 1. The maximum absolute atomic E-state index is 10.5. The van der Waals surface area contributed by atoms with Gasteiger partial charge in [0, 0.05) is 18.3 Å². The van der Waals surface area contributed by atoms with Crippen molar-refractivity contribution in [3.63, 3.8) is 0 Å². The number of hydrogen-bond acceptors (Lipinski definition) is 1. The van der Waals surface area contributed by atoms with Gasteiger partial charge in [-0.05, 0) is 19.8 Å². The first-order valence-electron chi connectivity index (χ1n) is 3.50. The van der Waals surface area contributed by atoms with Crippen molar-refractivity contribution in [2.75, 3.05) is 5.33 Å². The zero-order chi connectivity index (χ0) is 7.98. The minimum atomic E-state index is 0.0575. The average molecular weight is 208 g/mol. The van der Waals surface area contributed by atoms with Gasteiger partial charge >= 0.3 is 0 Å². The Balaban J connectivity index is 3.25. The van der Waals surface area contributed by atoms with Gasteiger partial charge in [0.05, 0.1) is 0 Å². The van der Waals surface area contributed by atoms with Crippen LogP contribution in [0.3, 0.4) is 0 Å². The van der Waals surface area contributed by atoms with E-state index in [0.29, 0.717) is 6.04 Å². The molecule has 0 saturated heterocycles. The fourth-order valence-electron chi connectivity index (χ4n) is 0.802. The molecule has 2 nitrogen and oxygen atoms in total. The van der Waals surface area contributed by atoms with Crippen molar-refractivity contribution in [1.29, 1.82) is 0 Å². The molecule has 0 aliphatic carbocycles. The van der Waals surface area contributed by atoms with Crippen molar-refractivity contribution in [3.8, 4) is 0 Å². The average Bonchev–Trinajstić information content (AvgIpc) is 1.82. The van der Waals surface area contributed by atoms with Crippen LogP contribution >= 0.6 is 15.9 Å². The number of nitrogens with one attached hydrogen (secondary N) is 1. The Labute approximate surface area is 70.5 Å². The Hall–Kier alpha value is -0.0500. The van der Waals surface area contributed by atoms with E-state index in [-0.39, 0.29) is 5.91 Å². The van der Waals surface area contributed by atoms with Crippen molar-refractivity contribution in [2.45, 2.75) is 32.7 Å². The zero-order valence-corrected chi connectivity index (χ0v) is 8.07. The predicted octanol–water partition coefficient (Wildman–Crippen LogP) is 1.69. The van der Waals surface area contributed by atoms with Gasteiger partial charge in [0.25, 0.3) is 0 Å². The maximum atomic E-state index is 10.5. The van der Waals surface area contributed by atoms with Crippen molar-refractivity contribution in [3.05, 3.63) is 0 Å². The number of carbonyl (C=O) groups excluding carboxylic acids is 1. The summed E-state index contributed by atoms with van der Waals surface area (Å²) in [7, 11) is 0. The van der Waals surface area contributed by atoms with E-state index in [1.54, 1.807) is 6.92 Å². The lowest BCUT2D eigenvalue weighted by molar-refractivity contribution is -0.119. The highest BCUT2D eigenvalue weighted by Crippen LogP contribution is 1.98. The summed E-state index contributed by atoms with van der Waals surface area (Å²) in [6.07, 6.45) is 2.16. The van der Waals surface area contributed by atoms with Gasteiger partial charge in [-0.3, -0.25) is 4.79 Å². The zero-order valence-electron chi connectivity index (χ0n) is 6.48. The molecular weight excluding hydrogens is 194 g/mol. The highest BCUT2D eigenvalue weighted by Gasteiger charge is 2.00. The standard InChI is InChI=1S/C7H14BrNO/c1-6(4-3-5-8)9-7(2)10/h6H,3-5H2,1-2H3,(H,9,10). The summed E-state index contributed by atoms with van der Waals surface area (Å²) in [5.41, 5.74) is 0. The molecule has 0 heterocycles. The molecule has 0 aliphatic heterocycles. The number of rotatable bonds is 4. The summed E-state index contributed by atoms with van der Waals surface area (Å²) in [6, 6.07) is 0.315. The summed E-state index contributed by atoms with van der Waals surface area (Å²) >= 11 is 3.33. The van der Waals surface area contributed by atoms with E-state index in [2.05, 4.69) is 21.2 Å². The molecule has 0 aliphatic rings. The van der Waals surface area contributed by atoms with Gasteiger partial charge in [0.2, 0.25) is 5.91 Å². The molecule has 0 aromatic rings. The summed E-state index contributed by atoms with van der Waals surface area (Å²) in [5.74, 6) is 0.0575. The molecule has 3 heteroatoms. The van der Waals surface area contributed by atoms with Crippen LogP contribution in [0.2, 0.25) is 0 Å². The first-order valence-corrected chi connectivity index (χ1v) is 4.62. The third kappa shape index (κ3) is 6.08. The largest absolute Gasteiger partial charge is 0.354 e. The number of amides is 1. The van der Waals surface area contributed by atoms with E-state index in [1.165, 1.54) is 0 Å². The van der Waals surface area contributed by atoms with Gasteiger partial charge in [0.1, 0.15) is 0 Å². The second kappa shape index (κ2) is 5.71. The van der Waals surface area contributed by atoms with Gasteiger partial charge in [-0.2, -0.15) is 0 Å². The lowest BCUT2D eigenvalue weighted by atomic mass is 10.2. The number of halogens is 1. The number of hydrogen-bond donors (Lipinski definition) is 1. The van der Waals surface area contributed by atoms with E-state index in [1.807, 2.05) is 6.92 Å². The Bertz CT molecular complexity index is 106. The molecular formula is C7H14BrNO. The minimum Gasteiger partial charge on any atom is -0.354 e. The topological polar surface area (TPSA) is 29.1 Å². The minimum absolute atomic E-state index is 0.0575. The van der Waals surface area contributed by atoms with Gasteiger partial charge in [-0.25, -0.2) is 0 Å². The molecule has 0 bridgehead atoms. The van der Waals surface area contributed by atoms with Crippen molar-refractivity contribution >= 4 is 21.8 Å². The summed E-state index contributed by atoms with van der Waals surface area (Å²) < 4.78 is 0.